The summed E-state index contributed by atoms with van der Waals surface area (Å²) in [5.41, 5.74) is 1.94. The van der Waals surface area contributed by atoms with Crippen LogP contribution in [0.4, 0.5) is 0 Å². The largest absolute Gasteiger partial charge is 0.452 e. The Balaban J connectivity index is 1.63. The van der Waals surface area contributed by atoms with Gasteiger partial charge in [-0.3, -0.25) is 9.78 Å². The van der Waals surface area contributed by atoms with E-state index < -0.39 is 5.97 Å². The SMILES string of the molecule is Cc1cc(OC(=O)c2cccs2)cc2c1C(=O)/C(=C/c1cccnc1)O2. The molecule has 26 heavy (non-hydrogen) atoms. The van der Waals surface area contributed by atoms with Crippen LogP contribution in [0.15, 0.2) is 59.9 Å². The first-order valence-electron chi connectivity index (χ1n) is 7.86. The number of pyridine rings is 1. The number of thiophene rings is 1. The van der Waals surface area contributed by atoms with Crippen LogP contribution in [0.3, 0.4) is 0 Å². The first-order chi connectivity index (χ1) is 12.6. The molecule has 0 atom stereocenters. The fraction of sp³-hybridized carbons (Fsp3) is 0.0500. The van der Waals surface area contributed by atoms with Gasteiger partial charge < -0.3 is 9.47 Å². The van der Waals surface area contributed by atoms with Gasteiger partial charge in [-0.05, 0) is 47.7 Å². The molecule has 0 saturated carbocycles. The molecule has 1 aromatic carbocycles. The van der Waals surface area contributed by atoms with Gasteiger partial charge in [0.15, 0.2) is 5.76 Å². The van der Waals surface area contributed by atoms with Gasteiger partial charge in [0, 0.05) is 18.5 Å². The van der Waals surface area contributed by atoms with Crippen molar-refractivity contribution in [2.45, 2.75) is 6.92 Å². The Morgan fingerprint density at radius 2 is 2.15 bits per heavy atom. The quantitative estimate of drug-likeness (QED) is 0.395. The third kappa shape index (κ3) is 3.02. The zero-order chi connectivity index (χ0) is 18.1. The number of hydrogen-bond donors (Lipinski definition) is 0. The molecule has 4 rings (SSSR count). The Hall–Kier alpha value is -3.25. The monoisotopic (exact) mass is 363 g/mol. The van der Waals surface area contributed by atoms with Gasteiger partial charge >= 0.3 is 5.97 Å². The van der Waals surface area contributed by atoms with Crippen LogP contribution in [0.5, 0.6) is 11.5 Å². The molecule has 0 fully saturated rings. The van der Waals surface area contributed by atoms with Crippen molar-refractivity contribution >= 4 is 29.2 Å². The normalized spacial score (nSPS) is 14.2. The van der Waals surface area contributed by atoms with Gasteiger partial charge in [-0.2, -0.15) is 0 Å². The lowest BCUT2D eigenvalue weighted by Crippen LogP contribution is -2.06. The molecule has 0 saturated heterocycles. The number of benzene rings is 1. The van der Waals surface area contributed by atoms with E-state index in [1.54, 1.807) is 55.7 Å². The second-order valence-electron chi connectivity index (χ2n) is 5.71. The highest BCUT2D eigenvalue weighted by atomic mass is 32.1. The van der Waals surface area contributed by atoms with Crippen LogP contribution >= 0.6 is 11.3 Å². The van der Waals surface area contributed by atoms with Crippen LogP contribution in [0.1, 0.15) is 31.2 Å². The Bertz CT molecular complexity index is 1020. The molecule has 0 amide bonds. The third-order valence-electron chi connectivity index (χ3n) is 3.86. The number of Topliss-reactive ketones (excluding diaryl/α,β-unsaturated/α-hetero) is 1. The molecule has 3 heterocycles. The smallest absolute Gasteiger partial charge is 0.353 e. The molecule has 1 aliphatic rings. The number of rotatable bonds is 3. The van der Waals surface area contributed by atoms with Crippen LogP contribution < -0.4 is 9.47 Å². The minimum absolute atomic E-state index is 0.197. The maximum atomic E-state index is 12.6. The van der Waals surface area contributed by atoms with Crippen molar-refractivity contribution in [1.29, 1.82) is 0 Å². The lowest BCUT2D eigenvalue weighted by atomic mass is 10.0. The highest BCUT2D eigenvalue weighted by Gasteiger charge is 2.30. The molecular weight excluding hydrogens is 350 g/mol. The van der Waals surface area contributed by atoms with Crippen molar-refractivity contribution in [1.82, 2.24) is 4.98 Å². The summed E-state index contributed by atoms with van der Waals surface area (Å²) in [4.78, 5) is 29.3. The number of ketones is 1. The molecule has 6 heteroatoms. The van der Waals surface area contributed by atoms with E-state index in [1.807, 2.05) is 11.4 Å². The predicted octanol–water partition coefficient (Wildman–Crippen LogP) is 4.29. The van der Waals surface area contributed by atoms with Gasteiger partial charge in [0.1, 0.15) is 16.4 Å². The topological polar surface area (TPSA) is 65.5 Å². The van der Waals surface area contributed by atoms with Crippen LogP contribution in [0.2, 0.25) is 0 Å². The molecule has 0 radical (unpaired) electrons. The second-order valence-corrected chi connectivity index (χ2v) is 6.65. The van der Waals surface area contributed by atoms with Gasteiger partial charge in [0.05, 0.1) is 5.56 Å². The van der Waals surface area contributed by atoms with Crippen molar-refractivity contribution in [2.75, 3.05) is 0 Å². The van der Waals surface area contributed by atoms with Gasteiger partial charge in [-0.25, -0.2) is 4.79 Å². The number of hydrogen-bond acceptors (Lipinski definition) is 6. The van der Waals surface area contributed by atoms with Crippen molar-refractivity contribution in [3.05, 3.63) is 81.5 Å². The fourth-order valence-electron chi connectivity index (χ4n) is 2.70. The molecule has 2 aromatic heterocycles. The number of esters is 1. The fourth-order valence-corrected chi connectivity index (χ4v) is 3.30. The summed E-state index contributed by atoms with van der Waals surface area (Å²) in [5, 5.41) is 1.81. The number of ether oxygens (including phenoxy) is 2. The summed E-state index contributed by atoms with van der Waals surface area (Å²) in [5.74, 6) is 0.319. The standard InChI is InChI=1S/C20H13NO4S/c1-12-8-14(24-20(23)17-5-3-7-26-17)10-15-18(12)19(22)16(25-15)9-13-4-2-6-21-11-13/h2-11H,1H3/b16-9-. The number of carbonyl (C=O) groups is 2. The average molecular weight is 363 g/mol. The van der Waals surface area contributed by atoms with E-state index in [2.05, 4.69) is 4.98 Å². The van der Waals surface area contributed by atoms with E-state index in [9.17, 15) is 9.59 Å². The van der Waals surface area contributed by atoms with Gasteiger partial charge in [0.2, 0.25) is 5.78 Å². The van der Waals surface area contributed by atoms with Crippen LogP contribution in [0.25, 0.3) is 6.08 Å². The van der Waals surface area contributed by atoms with Crippen molar-refractivity contribution in [3.63, 3.8) is 0 Å². The number of aromatic nitrogens is 1. The van der Waals surface area contributed by atoms with Crippen molar-refractivity contribution in [2.24, 2.45) is 0 Å². The summed E-state index contributed by atoms with van der Waals surface area (Å²) in [6, 6.07) is 10.3. The average Bonchev–Trinajstić information content (AvgIpc) is 3.25. The first kappa shape index (κ1) is 16.2. The van der Waals surface area contributed by atoms with E-state index in [0.29, 0.717) is 27.5 Å². The van der Waals surface area contributed by atoms with Crippen molar-refractivity contribution in [3.8, 4) is 11.5 Å². The number of fused-ring (bicyclic) bond motifs is 1. The van der Waals surface area contributed by atoms with Crippen LogP contribution in [-0.2, 0) is 0 Å². The highest BCUT2D eigenvalue weighted by molar-refractivity contribution is 7.12. The molecule has 0 N–H and O–H groups in total. The summed E-state index contributed by atoms with van der Waals surface area (Å²) in [6.45, 7) is 1.79. The zero-order valence-corrected chi connectivity index (χ0v) is 14.6. The minimum Gasteiger partial charge on any atom is -0.452 e. The van der Waals surface area contributed by atoms with E-state index in [-0.39, 0.29) is 11.5 Å². The summed E-state index contributed by atoms with van der Waals surface area (Å²) in [6.07, 6.45) is 4.95. The van der Waals surface area contributed by atoms with Crippen LogP contribution in [-0.4, -0.2) is 16.7 Å². The second kappa shape index (κ2) is 6.57. The molecule has 128 valence electrons. The highest BCUT2D eigenvalue weighted by Crippen LogP contribution is 2.37. The van der Waals surface area contributed by atoms with Gasteiger partial charge in [0.25, 0.3) is 0 Å². The zero-order valence-electron chi connectivity index (χ0n) is 13.8. The van der Waals surface area contributed by atoms with E-state index in [0.717, 1.165) is 5.56 Å². The Morgan fingerprint density at radius 1 is 1.27 bits per heavy atom. The summed E-state index contributed by atoms with van der Waals surface area (Å²) < 4.78 is 11.1. The Morgan fingerprint density at radius 3 is 2.88 bits per heavy atom. The van der Waals surface area contributed by atoms with Gasteiger partial charge in [-0.1, -0.05) is 12.1 Å². The lowest BCUT2D eigenvalue weighted by molar-refractivity contribution is 0.0739. The molecule has 0 aliphatic carbocycles. The molecule has 0 bridgehead atoms. The first-order valence-corrected chi connectivity index (χ1v) is 8.74. The van der Waals surface area contributed by atoms with E-state index >= 15 is 0 Å². The predicted molar refractivity (Wildman–Crippen MR) is 97.6 cm³/mol. The molecule has 0 spiro atoms. The molecule has 1 aliphatic heterocycles. The summed E-state index contributed by atoms with van der Waals surface area (Å²) in [7, 11) is 0. The van der Waals surface area contributed by atoms with E-state index in [1.165, 1.54) is 11.3 Å². The molecule has 5 nitrogen and oxygen atoms in total. The summed E-state index contributed by atoms with van der Waals surface area (Å²) >= 11 is 1.31. The number of carbonyl (C=O) groups excluding carboxylic acids is 2. The maximum Gasteiger partial charge on any atom is 0.353 e. The van der Waals surface area contributed by atoms with E-state index in [4.69, 9.17) is 9.47 Å². The van der Waals surface area contributed by atoms with Crippen LogP contribution in [0, 0.1) is 6.92 Å². The Kier molecular flexibility index (Phi) is 4.10. The third-order valence-corrected chi connectivity index (χ3v) is 4.71. The molecule has 3 aromatic rings. The molecular formula is C20H13NO4S. The van der Waals surface area contributed by atoms with Gasteiger partial charge in [-0.15, -0.1) is 11.3 Å². The Labute approximate surface area is 153 Å². The molecule has 0 unspecified atom stereocenters. The van der Waals surface area contributed by atoms with Crippen molar-refractivity contribution < 1.29 is 19.1 Å². The maximum absolute atomic E-state index is 12.6. The number of aryl methyl sites for hydroxylation is 1. The number of nitrogens with zero attached hydrogens (tertiary/aromatic N) is 1. The number of allylic oxidation sites excluding steroid dienone is 1. The minimum atomic E-state index is -0.435. The lowest BCUT2D eigenvalue weighted by Gasteiger charge is -2.06.